The molecule has 0 aliphatic heterocycles. The van der Waals surface area contributed by atoms with Gasteiger partial charge in [0.05, 0.1) is 8.95 Å². The van der Waals surface area contributed by atoms with E-state index in [1.54, 1.807) is 6.07 Å². The number of hydrogen-bond acceptors (Lipinski definition) is 0. The van der Waals surface area contributed by atoms with E-state index >= 15 is 0 Å². The Hall–Kier alpha value is 1.07. The zero-order valence-corrected chi connectivity index (χ0v) is 11.3. The van der Waals surface area contributed by atoms with Gasteiger partial charge >= 0.3 is 0 Å². The van der Waals surface area contributed by atoms with E-state index < -0.39 is 0 Å². The third kappa shape index (κ3) is 2.05. The molecule has 0 spiro atoms. The Kier molecular flexibility index (Phi) is 3.56. The largest absolute Gasteiger partial charge is 0.204 e. The lowest BCUT2D eigenvalue weighted by Gasteiger charge is -2.02. The number of hydrogen-bond donors (Lipinski definition) is 0. The van der Waals surface area contributed by atoms with Crippen LogP contribution < -0.4 is 0 Å². The van der Waals surface area contributed by atoms with Gasteiger partial charge in [0, 0.05) is 8.95 Å². The zero-order valence-electron chi connectivity index (χ0n) is 4.97. The van der Waals surface area contributed by atoms with Gasteiger partial charge in [-0.25, -0.2) is 4.39 Å². The van der Waals surface area contributed by atoms with Crippen molar-refractivity contribution >= 4 is 63.7 Å². The summed E-state index contributed by atoms with van der Waals surface area (Å²) in [6.07, 6.45) is 0. The van der Waals surface area contributed by atoms with Crippen LogP contribution in [-0.2, 0) is 0 Å². The molecule has 1 aromatic carbocycles. The van der Waals surface area contributed by atoms with Gasteiger partial charge in [-0.2, -0.15) is 0 Å². The normalized spacial score (nSPS) is 10.3. The van der Waals surface area contributed by atoms with Crippen LogP contribution in [0.1, 0.15) is 0 Å². The Morgan fingerprint density at radius 1 is 0.909 bits per heavy atom. The second-order valence-electron chi connectivity index (χ2n) is 1.78. The Morgan fingerprint density at radius 3 is 1.64 bits per heavy atom. The van der Waals surface area contributed by atoms with Crippen molar-refractivity contribution in [1.82, 2.24) is 0 Å². The molecule has 0 heterocycles. The van der Waals surface area contributed by atoms with Crippen LogP contribution in [0, 0.1) is 5.82 Å². The first-order valence-corrected chi connectivity index (χ1v) is 5.69. The molecule has 11 heavy (non-hydrogen) atoms. The number of rotatable bonds is 0. The predicted octanol–water partition coefficient (Wildman–Crippen LogP) is 4.88. The third-order valence-electron chi connectivity index (χ3n) is 1.06. The average Bonchev–Trinajstić information content (AvgIpc) is 1.97. The van der Waals surface area contributed by atoms with Gasteiger partial charge in [0.25, 0.3) is 0 Å². The lowest BCUT2D eigenvalue weighted by molar-refractivity contribution is 0.612. The summed E-state index contributed by atoms with van der Waals surface area (Å²) in [7, 11) is 0. The highest BCUT2D eigenvalue weighted by atomic mass is 79.9. The first-order valence-electron chi connectivity index (χ1n) is 2.52. The molecular weight excluding hydrogens is 411 g/mol. The van der Waals surface area contributed by atoms with Crippen LogP contribution in [0.5, 0.6) is 0 Å². The first kappa shape index (κ1) is 10.2. The third-order valence-corrected chi connectivity index (χ3v) is 4.92. The van der Waals surface area contributed by atoms with Crippen LogP contribution >= 0.6 is 63.7 Å². The molecule has 0 aliphatic carbocycles. The summed E-state index contributed by atoms with van der Waals surface area (Å²) in [5.74, 6) is -0.314. The van der Waals surface area contributed by atoms with E-state index in [2.05, 4.69) is 63.7 Å². The highest BCUT2D eigenvalue weighted by Crippen LogP contribution is 2.36. The minimum atomic E-state index is -0.314. The first-order chi connectivity index (χ1) is 5.04. The second kappa shape index (κ2) is 3.85. The lowest BCUT2D eigenvalue weighted by atomic mass is 10.3. The van der Waals surface area contributed by atoms with Gasteiger partial charge in [-0.15, -0.1) is 0 Å². The summed E-state index contributed by atoms with van der Waals surface area (Å²) in [5.41, 5.74) is 0. The molecule has 1 rings (SSSR count). The van der Waals surface area contributed by atoms with E-state index in [4.69, 9.17) is 0 Å². The molecule has 0 fully saturated rings. The summed E-state index contributed by atoms with van der Waals surface area (Å²) in [6.45, 7) is 0. The van der Waals surface area contributed by atoms with Crippen molar-refractivity contribution in [2.24, 2.45) is 0 Å². The maximum absolute atomic E-state index is 13.1. The Labute approximate surface area is 97.1 Å². The monoisotopic (exact) mass is 408 g/mol. The average molecular weight is 412 g/mol. The molecule has 0 saturated heterocycles. The highest BCUT2D eigenvalue weighted by Gasteiger charge is 2.11. The fourth-order valence-electron chi connectivity index (χ4n) is 0.544. The van der Waals surface area contributed by atoms with E-state index in [0.29, 0.717) is 17.9 Å². The van der Waals surface area contributed by atoms with E-state index in [9.17, 15) is 4.39 Å². The summed E-state index contributed by atoms with van der Waals surface area (Å²) in [6, 6.07) is 1.76. The Balaban J connectivity index is 3.46. The van der Waals surface area contributed by atoms with E-state index in [1.807, 2.05) is 0 Å². The van der Waals surface area contributed by atoms with Crippen molar-refractivity contribution in [1.29, 1.82) is 0 Å². The van der Waals surface area contributed by atoms with Crippen LogP contribution in [0.15, 0.2) is 24.0 Å². The van der Waals surface area contributed by atoms with Crippen molar-refractivity contribution in [2.45, 2.75) is 0 Å². The summed E-state index contributed by atoms with van der Waals surface area (Å²) in [4.78, 5) is 0. The maximum atomic E-state index is 13.1. The van der Waals surface area contributed by atoms with Crippen LogP contribution in [0.25, 0.3) is 0 Å². The molecule has 0 atom stereocenters. The number of benzene rings is 1. The lowest BCUT2D eigenvalue weighted by Crippen LogP contribution is -1.82. The van der Waals surface area contributed by atoms with Gasteiger partial charge in [0.1, 0.15) is 0 Å². The Bertz CT molecular complexity index is 271. The molecule has 1 aromatic rings. The van der Waals surface area contributed by atoms with Gasteiger partial charge < -0.3 is 0 Å². The van der Waals surface area contributed by atoms with Gasteiger partial charge in [-0.3, -0.25) is 0 Å². The predicted molar refractivity (Wildman–Crippen MR) is 57.2 cm³/mol. The summed E-state index contributed by atoms with van der Waals surface area (Å²) >= 11 is 12.6. The van der Waals surface area contributed by atoms with Crippen LogP contribution in [0.4, 0.5) is 4.39 Å². The van der Waals surface area contributed by atoms with E-state index in [0.717, 1.165) is 0 Å². The van der Waals surface area contributed by atoms with Crippen molar-refractivity contribution in [2.75, 3.05) is 0 Å². The molecule has 5 heteroatoms. The molecular formula is C6HBr4F. The zero-order chi connectivity index (χ0) is 8.59. The van der Waals surface area contributed by atoms with Gasteiger partial charge in [-0.1, -0.05) is 0 Å². The molecule has 0 aromatic heterocycles. The number of halogens is 5. The van der Waals surface area contributed by atoms with E-state index in [1.165, 1.54) is 0 Å². The molecule has 0 unspecified atom stereocenters. The van der Waals surface area contributed by atoms with Crippen molar-refractivity contribution in [3.63, 3.8) is 0 Å². The Morgan fingerprint density at radius 2 is 1.27 bits per heavy atom. The molecule has 0 bridgehead atoms. The van der Waals surface area contributed by atoms with Crippen LogP contribution in [-0.4, -0.2) is 0 Å². The molecule has 0 N–H and O–H groups in total. The maximum Gasteiger partial charge on any atom is 0.153 e. The van der Waals surface area contributed by atoms with Gasteiger partial charge in [-0.05, 0) is 69.8 Å². The molecule has 0 nitrogen and oxygen atoms in total. The molecule has 0 aliphatic rings. The van der Waals surface area contributed by atoms with Gasteiger partial charge in [0.2, 0.25) is 0 Å². The quantitative estimate of drug-likeness (QED) is 0.422. The molecule has 0 amide bonds. The van der Waals surface area contributed by atoms with E-state index in [-0.39, 0.29) is 5.82 Å². The smallest absolute Gasteiger partial charge is 0.153 e. The topological polar surface area (TPSA) is 0 Å². The standard InChI is InChI=1S/C6HBr4F/c7-2-1-3(8)5(10)6(11)4(2)9/h1H. The van der Waals surface area contributed by atoms with Crippen molar-refractivity contribution < 1.29 is 4.39 Å². The highest BCUT2D eigenvalue weighted by molar-refractivity contribution is 9.14. The molecule has 0 saturated carbocycles. The fourth-order valence-corrected chi connectivity index (χ4v) is 2.55. The van der Waals surface area contributed by atoms with Crippen LogP contribution in [0.3, 0.4) is 0 Å². The van der Waals surface area contributed by atoms with Crippen molar-refractivity contribution in [3.8, 4) is 0 Å². The van der Waals surface area contributed by atoms with Gasteiger partial charge in [0.15, 0.2) is 5.82 Å². The van der Waals surface area contributed by atoms with Crippen molar-refractivity contribution in [3.05, 3.63) is 29.8 Å². The summed E-state index contributed by atoms with van der Waals surface area (Å²) < 4.78 is 15.3. The fraction of sp³-hybridized carbons (Fsp3) is 0. The second-order valence-corrected chi connectivity index (χ2v) is 5.08. The molecule has 0 radical (unpaired) electrons. The molecule has 60 valence electrons. The SMILES string of the molecule is Fc1c(Br)c(Br)cc(Br)c1Br. The minimum absolute atomic E-state index is 0.314. The minimum Gasteiger partial charge on any atom is -0.204 e. The van der Waals surface area contributed by atoms with Crippen LogP contribution in [0.2, 0.25) is 0 Å². The summed E-state index contributed by atoms with van der Waals surface area (Å²) in [5, 5.41) is 0.